The standard InChI is InChI=1S/C15H17N3O3/c1-3-9-18-15(14(10-19)16-17-18)11-21-13-7-5-12(6-8-13)20-4-2/h3,5-8,10H,1,4,9,11H2,2H3. The molecule has 0 radical (unpaired) electrons. The van der Waals surface area contributed by atoms with E-state index in [9.17, 15) is 4.79 Å². The summed E-state index contributed by atoms with van der Waals surface area (Å²) in [5.41, 5.74) is 0.904. The van der Waals surface area contributed by atoms with E-state index < -0.39 is 0 Å². The number of hydrogen-bond acceptors (Lipinski definition) is 5. The smallest absolute Gasteiger partial charge is 0.172 e. The molecule has 0 spiro atoms. The fraction of sp³-hybridized carbons (Fsp3) is 0.267. The van der Waals surface area contributed by atoms with Crippen molar-refractivity contribution in [2.45, 2.75) is 20.1 Å². The Bertz CT molecular complexity index is 605. The summed E-state index contributed by atoms with van der Waals surface area (Å²) in [7, 11) is 0. The summed E-state index contributed by atoms with van der Waals surface area (Å²) in [6, 6.07) is 7.29. The molecule has 1 heterocycles. The van der Waals surface area contributed by atoms with Crippen LogP contribution in [-0.4, -0.2) is 27.9 Å². The first-order valence-corrected chi connectivity index (χ1v) is 6.62. The van der Waals surface area contributed by atoms with E-state index in [0.29, 0.717) is 30.9 Å². The third-order valence-corrected chi connectivity index (χ3v) is 2.79. The molecule has 0 saturated carbocycles. The first-order chi connectivity index (χ1) is 10.3. The molecule has 6 heteroatoms. The molecule has 0 saturated heterocycles. The Morgan fingerprint density at radius 2 is 1.90 bits per heavy atom. The number of carbonyl (C=O) groups excluding carboxylic acids is 1. The molecule has 0 aliphatic carbocycles. The molecule has 0 aliphatic heterocycles. The normalized spacial score (nSPS) is 10.1. The Kier molecular flexibility index (Phi) is 5.09. The Balaban J connectivity index is 2.06. The van der Waals surface area contributed by atoms with Gasteiger partial charge in [0.1, 0.15) is 23.8 Å². The maximum Gasteiger partial charge on any atom is 0.172 e. The molecule has 0 atom stereocenters. The molecule has 110 valence electrons. The van der Waals surface area contributed by atoms with E-state index in [1.54, 1.807) is 10.8 Å². The molecule has 0 fully saturated rings. The van der Waals surface area contributed by atoms with Crippen LogP contribution in [0.1, 0.15) is 23.1 Å². The lowest BCUT2D eigenvalue weighted by Gasteiger charge is -2.09. The van der Waals surface area contributed by atoms with Crippen molar-refractivity contribution < 1.29 is 14.3 Å². The number of hydrogen-bond donors (Lipinski definition) is 0. The molecular weight excluding hydrogens is 270 g/mol. The first kappa shape index (κ1) is 14.8. The second-order valence-corrected chi connectivity index (χ2v) is 4.20. The molecule has 1 aromatic carbocycles. The van der Waals surface area contributed by atoms with Gasteiger partial charge in [0.05, 0.1) is 13.2 Å². The van der Waals surface area contributed by atoms with Crippen LogP contribution < -0.4 is 9.47 Å². The highest BCUT2D eigenvalue weighted by atomic mass is 16.5. The lowest BCUT2D eigenvalue weighted by atomic mass is 10.3. The summed E-state index contributed by atoms with van der Waals surface area (Å²) < 4.78 is 12.6. The Labute approximate surface area is 123 Å². The number of benzene rings is 1. The Hall–Kier alpha value is -2.63. The summed E-state index contributed by atoms with van der Waals surface area (Å²) in [5, 5.41) is 7.69. The molecule has 0 aliphatic rings. The van der Waals surface area contributed by atoms with Crippen LogP contribution in [0.3, 0.4) is 0 Å². The van der Waals surface area contributed by atoms with Gasteiger partial charge in [0, 0.05) is 0 Å². The average Bonchev–Trinajstić information content (AvgIpc) is 2.89. The van der Waals surface area contributed by atoms with Gasteiger partial charge in [0.25, 0.3) is 0 Å². The minimum atomic E-state index is 0.211. The van der Waals surface area contributed by atoms with Gasteiger partial charge < -0.3 is 9.47 Å². The van der Waals surface area contributed by atoms with E-state index in [2.05, 4.69) is 16.9 Å². The molecule has 21 heavy (non-hydrogen) atoms. The van der Waals surface area contributed by atoms with E-state index in [-0.39, 0.29) is 12.3 Å². The molecule has 1 aromatic heterocycles. The fourth-order valence-electron chi connectivity index (χ4n) is 1.81. The quantitative estimate of drug-likeness (QED) is 0.550. The zero-order chi connectivity index (χ0) is 15.1. The van der Waals surface area contributed by atoms with Crippen LogP contribution in [0.2, 0.25) is 0 Å². The fourth-order valence-corrected chi connectivity index (χ4v) is 1.81. The predicted molar refractivity (Wildman–Crippen MR) is 77.5 cm³/mol. The van der Waals surface area contributed by atoms with E-state index in [0.717, 1.165) is 5.75 Å². The van der Waals surface area contributed by atoms with E-state index in [1.165, 1.54) is 0 Å². The van der Waals surface area contributed by atoms with Crippen molar-refractivity contribution in [2.24, 2.45) is 0 Å². The van der Waals surface area contributed by atoms with Gasteiger partial charge in [-0.3, -0.25) is 4.79 Å². The Morgan fingerprint density at radius 1 is 1.24 bits per heavy atom. The molecule has 0 amide bonds. The highest BCUT2D eigenvalue weighted by molar-refractivity contribution is 5.73. The van der Waals surface area contributed by atoms with Crippen LogP contribution in [0.5, 0.6) is 11.5 Å². The van der Waals surface area contributed by atoms with Crippen molar-refractivity contribution in [3.63, 3.8) is 0 Å². The zero-order valence-electron chi connectivity index (χ0n) is 11.9. The minimum absolute atomic E-state index is 0.211. The maximum atomic E-state index is 11.0. The number of allylic oxidation sites excluding steroid dienone is 1. The van der Waals surface area contributed by atoms with E-state index >= 15 is 0 Å². The van der Waals surface area contributed by atoms with Gasteiger partial charge in [-0.1, -0.05) is 11.3 Å². The summed E-state index contributed by atoms with van der Waals surface area (Å²) in [6.07, 6.45) is 2.35. The number of nitrogens with zero attached hydrogens (tertiary/aromatic N) is 3. The number of ether oxygens (including phenoxy) is 2. The van der Waals surface area contributed by atoms with Gasteiger partial charge >= 0.3 is 0 Å². The Morgan fingerprint density at radius 3 is 2.48 bits per heavy atom. The average molecular weight is 287 g/mol. The largest absolute Gasteiger partial charge is 0.494 e. The molecule has 0 N–H and O–H groups in total. The number of carbonyl (C=O) groups is 1. The van der Waals surface area contributed by atoms with Gasteiger partial charge in [-0.05, 0) is 31.2 Å². The van der Waals surface area contributed by atoms with Crippen LogP contribution in [0, 0.1) is 0 Å². The van der Waals surface area contributed by atoms with Crippen LogP contribution in [-0.2, 0) is 13.2 Å². The first-order valence-electron chi connectivity index (χ1n) is 6.62. The van der Waals surface area contributed by atoms with Gasteiger partial charge in [0.15, 0.2) is 12.0 Å². The van der Waals surface area contributed by atoms with Crippen LogP contribution >= 0.6 is 0 Å². The lowest BCUT2D eigenvalue weighted by Crippen LogP contribution is -2.08. The minimum Gasteiger partial charge on any atom is -0.494 e. The molecule has 0 unspecified atom stereocenters. The summed E-state index contributed by atoms with van der Waals surface area (Å²) in [4.78, 5) is 11.0. The molecule has 6 nitrogen and oxygen atoms in total. The molecule has 0 bridgehead atoms. The maximum absolute atomic E-state index is 11.0. The van der Waals surface area contributed by atoms with Gasteiger partial charge in [-0.2, -0.15) is 0 Å². The van der Waals surface area contributed by atoms with Crippen molar-refractivity contribution in [1.29, 1.82) is 0 Å². The molecular formula is C15H17N3O3. The summed E-state index contributed by atoms with van der Waals surface area (Å²) in [5.74, 6) is 1.47. The topological polar surface area (TPSA) is 66.2 Å². The monoisotopic (exact) mass is 287 g/mol. The number of aldehydes is 1. The highest BCUT2D eigenvalue weighted by Crippen LogP contribution is 2.19. The second kappa shape index (κ2) is 7.23. The van der Waals surface area contributed by atoms with Crippen LogP contribution in [0.15, 0.2) is 36.9 Å². The summed E-state index contributed by atoms with van der Waals surface area (Å²) >= 11 is 0. The van der Waals surface area contributed by atoms with Crippen molar-refractivity contribution in [3.8, 4) is 11.5 Å². The zero-order valence-corrected chi connectivity index (χ0v) is 11.9. The predicted octanol–water partition coefficient (Wildman–Crippen LogP) is 2.25. The van der Waals surface area contributed by atoms with Crippen molar-refractivity contribution >= 4 is 6.29 Å². The lowest BCUT2D eigenvalue weighted by molar-refractivity contribution is 0.111. The van der Waals surface area contributed by atoms with Crippen LogP contribution in [0.25, 0.3) is 0 Å². The second-order valence-electron chi connectivity index (χ2n) is 4.20. The van der Waals surface area contributed by atoms with Crippen molar-refractivity contribution in [1.82, 2.24) is 15.0 Å². The third kappa shape index (κ3) is 3.68. The molecule has 2 aromatic rings. The SMILES string of the molecule is C=CCn1nnc(C=O)c1COc1ccc(OCC)cc1. The third-order valence-electron chi connectivity index (χ3n) is 2.79. The molecule has 2 rings (SSSR count). The van der Waals surface area contributed by atoms with Crippen molar-refractivity contribution in [2.75, 3.05) is 6.61 Å². The van der Waals surface area contributed by atoms with Gasteiger partial charge in [-0.15, -0.1) is 11.7 Å². The summed E-state index contributed by atoms with van der Waals surface area (Å²) in [6.45, 7) is 6.88. The number of aromatic nitrogens is 3. The van der Waals surface area contributed by atoms with E-state index in [4.69, 9.17) is 9.47 Å². The highest BCUT2D eigenvalue weighted by Gasteiger charge is 2.12. The number of rotatable bonds is 8. The van der Waals surface area contributed by atoms with E-state index in [1.807, 2.05) is 31.2 Å². The van der Waals surface area contributed by atoms with Crippen LogP contribution in [0.4, 0.5) is 0 Å². The van der Waals surface area contributed by atoms with Gasteiger partial charge in [-0.25, -0.2) is 4.68 Å². The van der Waals surface area contributed by atoms with Crippen molar-refractivity contribution in [3.05, 3.63) is 48.3 Å². The van der Waals surface area contributed by atoms with Gasteiger partial charge in [0.2, 0.25) is 0 Å².